The topological polar surface area (TPSA) is 88.9 Å². The summed E-state index contributed by atoms with van der Waals surface area (Å²) in [6.45, 7) is 7.65. The summed E-state index contributed by atoms with van der Waals surface area (Å²) in [5.41, 5.74) is 6.02. The van der Waals surface area contributed by atoms with Gasteiger partial charge in [-0.3, -0.25) is 4.79 Å². The van der Waals surface area contributed by atoms with E-state index >= 15 is 0 Å². The molecule has 0 unspecified atom stereocenters. The highest BCUT2D eigenvalue weighted by atomic mass is 16.5. The first kappa shape index (κ1) is 22.0. The van der Waals surface area contributed by atoms with E-state index in [1.54, 1.807) is 0 Å². The molecule has 2 aromatic heterocycles. The number of nitrogens with one attached hydrogen (secondary N) is 1. The molecule has 6 rings (SSSR count). The van der Waals surface area contributed by atoms with Gasteiger partial charge in [0.1, 0.15) is 6.04 Å². The van der Waals surface area contributed by atoms with Gasteiger partial charge in [0.25, 0.3) is 5.56 Å². The summed E-state index contributed by atoms with van der Waals surface area (Å²) in [5, 5.41) is 13.9. The number of aromatic nitrogens is 5. The van der Waals surface area contributed by atoms with E-state index in [0.29, 0.717) is 17.9 Å². The number of nitrogens with zero attached hydrogens (tertiary/aromatic N) is 5. The number of hydrogen-bond donors (Lipinski definition) is 1. The lowest BCUT2D eigenvalue weighted by molar-refractivity contribution is 0.0924. The molecule has 0 aliphatic carbocycles. The molecule has 3 atom stereocenters. The Morgan fingerprint density at radius 3 is 2.89 bits per heavy atom. The third-order valence-corrected chi connectivity index (χ3v) is 7.36. The number of para-hydroxylation sites is 1. The Morgan fingerprint density at radius 2 is 2.06 bits per heavy atom. The van der Waals surface area contributed by atoms with Crippen LogP contribution >= 0.6 is 0 Å². The van der Waals surface area contributed by atoms with Crippen LogP contribution in [0.1, 0.15) is 53.9 Å². The van der Waals surface area contributed by atoms with Crippen molar-refractivity contribution in [1.29, 1.82) is 0 Å². The fraction of sp³-hybridized carbons (Fsp3) is 0.407. The summed E-state index contributed by atoms with van der Waals surface area (Å²) < 4.78 is 7.71. The third-order valence-electron chi connectivity index (χ3n) is 7.36. The molecule has 1 saturated heterocycles. The van der Waals surface area contributed by atoms with E-state index in [-0.39, 0.29) is 17.7 Å². The normalized spacial score (nSPS) is 20.5. The summed E-state index contributed by atoms with van der Waals surface area (Å²) in [6, 6.07) is 14.4. The Hall–Kier alpha value is -3.52. The number of aryl methyl sites for hydroxylation is 2. The Labute approximate surface area is 203 Å². The zero-order chi connectivity index (χ0) is 24.1. The van der Waals surface area contributed by atoms with Crippen LogP contribution in [0.25, 0.3) is 10.9 Å². The number of anilines is 1. The van der Waals surface area contributed by atoms with Gasteiger partial charge >= 0.3 is 0 Å². The molecule has 4 heterocycles. The number of fused-ring (bicyclic) bond motifs is 2. The average Bonchev–Trinajstić information content (AvgIpc) is 3.57. The molecule has 2 aliphatic rings. The average molecular weight is 471 g/mol. The summed E-state index contributed by atoms with van der Waals surface area (Å²) in [5.74, 6) is 0.665. The lowest BCUT2D eigenvalue weighted by atomic mass is 10.00. The molecule has 0 saturated carbocycles. The van der Waals surface area contributed by atoms with Crippen molar-refractivity contribution >= 4 is 16.6 Å². The van der Waals surface area contributed by atoms with Gasteiger partial charge < -0.3 is 14.6 Å². The molecule has 0 radical (unpaired) electrons. The first-order chi connectivity index (χ1) is 17.0. The van der Waals surface area contributed by atoms with Gasteiger partial charge in [0.05, 0.1) is 18.2 Å². The highest BCUT2D eigenvalue weighted by Gasteiger charge is 2.38. The molecular formula is C27H30N6O2. The standard InChI is InChI=1S/C27H30N6O2/c1-16-11-17(2)24-20(12-16)14-22(27(34)28-24)25(33-18(3)13-19-7-4-5-9-23(19)33)26-29-30-31-32(26)15-21-8-6-10-35-21/h4-5,7,9,11-12,14,18,21,25H,6,8,10,13,15H2,1-3H3,(H,28,34)/t18-,21-,25+/m0/s1. The number of aromatic amines is 1. The highest BCUT2D eigenvalue weighted by Crippen LogP contribution is 2.40. The second kappa shape index (κ2) is 8.61. The van der Waals surface area contributed by atoms with Crippen molar-refractivity contribution in [3.8, 4) is 0 Å². The molecule has 2 aromatic carbocycles. The molecule has 4 aromatic rings. The van der Waals surface area contributed by atoms with Gasteiger partial charge in [0, 0.05) is 23.9 Å². The predicted octanol–water partition coefficient (Wildman–Crippen LogP) is 3.85. The van der Waals surface area contributed by atoms with Crippen LogP contribution in [0.3, 0.4) is 0 Å². The van der Waals surface area contributed by atoms with E-state index in [9.17, 15) is 4.79 Å². The second-order valence-electron chi connectivity index (χ2n) is 9.95. The number of tetrazole rings is 1. The predicted molar refractivity (Wildman–Crippen MR) is 135 cm³/mol. The van der Waals surface area contributed by atoms with Gasteiger partial charge in [-0.15, -0.1) is 5.10 Å². The Bertz CT molecular complexity index is 1450. The van der Waals surface area contributed by atoms with Gasteiger partial charge in [-0.1, -0.05) is 29.8 Å². The van der Waals surface area contributed by atoms with Crippen molar-refractivity contribution in [2.75, 3.05) is 11.5 Å². The van der Waals surface area contributed by atoms with E-state index in [1.807, 2.05) is 23.7 Å². The second-order valence-corrected chi connectivity index (χ2v) is 9.95. The number of benzene rings is 2. The van der Waals surface area contributed by atoms with E-state index in [4.69, 9.17) is 4.74 Å². The van der Waals surface area contributed by atoms with Crippen LogP contribution in [0.4, 0.5) is 5.69 Å². The van der Waals surface area contributed by atoms with E-state index in [2.05, 4.69) is 69.6 Å². The van der Waals surface area contributed by atoms with Gasteiger partial charge in [-0.2, -0.15) is 0 Å². The number of pyridine rings is 1. The summed E-state index contributed by atoms with van der Waals surface area (Å²) >= 11 is 0. The molecular weight excluding hydrogens is 440 g/mol. The third kappa shape index (κ3) is 3.82. The van der Waals surface area contributed by atoms with Crippen molar-refractivity contribution in [1.82, 2.24) is 25.2 Å². The largest absolute Gasteiger partial charge is 0.376 e. The van der Waals surface area contributed by atoms with Crippen molar-refractivity contribution in [2.45, 2.75) is 64.8 Å². The maximum Gasteiger partial charge on any atom is 0.254 e. The zero-order valence-corrected chi connectivity index (χ0v) is 20.4. The number of hydrogen-bond acceptors (Lipinski definition) is 6. The fourth-order valence-corrected chi connectivity index (χ4v) is 5.82. The van der Waals surface area contributed by atoms with E-state index < -0.39 is 6.04 Å². The molecule has 8 nitrogen and oxygen atoms in total. The van der Waals surface area contributed by atoms with Crippen LogP contribution in [0.5, 0.6) is 0 Å². The molecule has 35 heavy (non-hydrogen) atoms. The van der Waals surface area contributed by atoms with Crippen LogP contribution in [-0.2, 0) is 17.7 Å². The fourth-order valence-electron chi connectivity index (χ4n) is 5.82. The number of rotatable bonds is 5. The van der Waals surface area contributed by atoms with E-state index in [1.165, 1.54) is 5.56 Å². The van der Waals surface area contributed by atoms with Crippen LogP contribution in [0.15, 0.2) is 47.3 Å². The van der Waals surface area contributed by atoms with Crippen LogP contribution in [0.2, 0.25) is 0 Å². The van der Waals surface area contributed by atoms with Crippen molar-refractivity contribution in [3.63, 3.8) is 0 Å². The van der Waals surface area contributed by atoms with Gasteiger partial charge in [-0.05, 0) is 85.2 Å². The Kier molecular flexibility index (Phi) is 5.40. The molecule has 2 aliphatic heterocycles. The SMILES string of the molecule is Cc1cc(C)c2[nH]c(=O)c([C@H](c3nnnn3C[C@@H]3CCCO3)N3c4ccccc4C[C@@H]3C)cc2c1. The van der Waals surface area contributed by atoms with Gasteiger partial charge in [-0.25, -0.2) is 4.68 Å². The van der Waals surface area contributed by atoms with E-state index in [0.717, 1.165) is 53.6 Å². The molecule has 0 bridgehead atoms. The minimum Gasteiger partial charge on any atom is -0.376 e. The smallest absolute Gasteiger partial charge is 0.254 e. The summed E-state index contributed by atoms with van der Waals surface area (Å²) in [6.07, 6.45) is 3.03. The minimum atomic E-state index is -0.431. The maximum atomic E-state index is 13.7. The summed E-state index contributed by atoms with van der Waals surface area (Å²) in [7, 11) is 0. The summed E-state index contributed by atoms with van der Waals surface area (Å²) in [4.78, 5) is 19.1. The Balaban J connectivity index is 1.55. The van der Waals surface area contributed by atoms with Gasteiger partial charge in [0.15, 0.2) is 5.82 Å². The first-order valence-electron chi connectivity index (χ1n) is 12.4. The molecule has 1 fully saturated rings. The molecule has 8 heteroatoms. The quantitative estimate of drug-likeness (QED) is 0.477. The molecule has 1 N–H and O–H groups in total. The lowest BCUT2D eigenvalue weighted by Gasteiger charge is -2.33. The van der Waals surface area contributed by atoms with Crippen LogP contribution in [-0.4, -0.2) is 43.9 Å². The Morgan fingerprint density at radius 1 is 1.20 bits per heavy atom. The van der Waals surface area contributed by atoms with Crippen molar-refractivity contribution in [2.24, 2.45) is 0 Å². The minimum absolute atomic E-state index is 0.0846. The highest BCUT2D eigenvalue weighted by molar-refractivity contribution is 5.83. The molecule has 180 valence electrons. The maximum absolute atomic E-state index is 13.7. The molecule has 0 amide bonds. The monoisotopic (exact) mass is 470 g/mol. The van der Waals surface area contributed by atoms with Crippen LogP contribution in [0, 0.1) is 13.8 Å². The van der Waals surface area contributed by atoms with Crippen molar-refractivity contribution in [3.05, 3.63) is 80.9 Å². The zero-order valence-electron chi connectivity index (χ0n) is 20.4. The lowest BCUT2D eigenvalue weighted by Crippen LogP contribution is -2.39. The van der Waals surface area contributed by atoms with Gasteiger partial charge in [0.2, 0.25) is 0 Å². The first-order valence-corrected chi connectivity index (χ1v) is 12.4. The number of ether oxygens (including phenoxy) is 1. The van der Waals surface area contributed by atoms with Crippen LogP contribution < -0.4 is 10.5 Å². The molecule has 0 spiro atoms. The van der Waals surface area contributed by atoms with Crippen molar-refractivity contribution < 1.29 is 4.74 Å². The number of H-pyrrole nitrogens is 1.